The van der Waals surface area contributed by atoms with E-state index in [1.807, 2.05) is 36.0 Å². The maximum atomic E-state index is 12.6. The van der Waals surface area contributed by atoms with Crippen molar-refractivity contribution < 1.29 is 9.21 Å². The predicted molar refractivity (Wildman–Crippen MR) is 78.1 cm³/mol. The van der Waals surface area contributed by atoms with Gasteiger partial charge in [-0.3, -0.25) is 4.79 Å². The second-order valence-electron chi connectivity index (χ2n) is 5.33. The molecule has 0 radical (unpaired) electrons. The van der Waals surface area contributed by atoms with Gasteiger partial charge >= 0.3 is 0 Å². The zero-order valence-corrected chi connectivity index (χ0v) is 12.2. The largest absolute Gasteiger partial charge is 0.467 e. The van der Waals surface area contributed by atoms with Crippen molar-refractivity contribution in [1.29, 1.82) is 0 Å². The molecule has 2 aromatic rings. The van der Waals surface area contributed by atoms with Crippen LogP contribution in [0, 0.1) is 0 Å². The fraction of sp³-hybridized carbons (Fsp3) is 0.400. The number of hydrogen-bond donors (Lipinski definition) is 0. The Bertz CT molecular complexity index is 607. The van der Waals surface area contributed by atoms with Crippen molar-refractivity contribution in [2.24, 2.45) is 0 Å². The number of hydrogen-bond acceptors (Lipinski definition) is 5. The normalized spacial score (nSPS) is 18.0. The van der Waals surface area contributed by atoms with Crippen LogP contribution in [-0.2, 0) is 0 Å². The van der Waals surface area contributed by atoms with Crippen LogP contribution in [0.4, 0.5) is 5.82 Å². The molecule has 3 heterocycles. The second kappa shape index (κ2) is 5.55. The molecule has 0 saturated carbocycles. The van der Waals surface area contributed by atoms with Gasteiger partial charge in [0.1, 0.15) is 17.3 Å². The van der Waals surface area contributed by atoms with Gasteiger partial charge in [0, 0.05) is 20.6 Å². The van der Waals surface area contributed by atoms with Gasteiger partial charge in [0.05, 0.1) is 24.7 Å². The molecule has 21 heavy (non-hydrogen) atoms. The van der Waals surface area contributed by atoms with Gasteiger partial charge in [-0.25, -0.2) is 9.97 Å². The van der Waals surface area contributed by atoms with E-state index in [1.165, 1.54) is 6.20 Å². The number of furan rings is 1. The van der Waals surface area contributed by atoms with Gasteiger partial charge in [-0.05, 0) is 25.0 Å². The van der Waals surface area contributed by atoms with Crippen molar-refractivity contribution in [3.05, 3.63) is 42.2 Å². The highest BCUT2D eigenvalue weighted by Crippen LogP contribution is 2.33. The molecule has 0 aliphatic carbocycles. The molecule has 1 aliphatic heterocycles. The van der Waals surface area contributed by atoms with Crippen LogP contribution in [0.15, 0.2) is 35.2 Å². The van der Waals surface area contributed by atoms with Crippen LogP contribution >= 0.6 is 0 Å². The van der Waals surface area contributed by atoms with Gasteiger partial charge in [0.25, 0.3) is 5.91 Å². The van der Waals surface area contributed by atoms with Gasteiger partial charge in [0.15, 0.2) is 0 Å². The number of rotatable bonds is 3. The molecule has 0 bridgehead atoms. The third kappa shape index (κ3) is 2.61. The van der Waals surface area contributed by atoms with Crippen molar-refractivity contribution in [1.82, 2.24) is 14.9 Å². The first-order chi connectivity index (χ1) is 10.2. The monoisotopic (exact) mass is 286 g/mol. The van der Waals surface area contributed by atoms with Crippen LogP contribution < -0.4 is 4.90 Å². The molecule has 6 heteroatoms. The molecular formula is C15H18N4O2. The van der Waals surface area contributed by atoms with Gasteiger partial charge in [0.2, 0.25) is 0 Å². The predicted octanol–water partition coefficient (Wildman–Crippen LogP) is 2.11. The molecule has 1 aliphatic rings. The first kappa shape index (κ1) is 13.6. The van der Waals surface area contributed by atoms with Crippen molar-refractivity contribution in [2.75, 3.05) is 25.5 Å². The van der Waals surface area contributed by atoms with Crippen molar-refractivity contribution in [3.63, 3.8) is 0 Å². The average molecular weight is 286 g/mol. The summed E-state index contributed by atoms with van der Waals surface area (Å²) in [5.41, 5.74) is 0.374. The van der Waals surface area contributed by atoms with Gasteiger partial charge in [-0.2, -0.15) is 0 Å². The molecule has 1 amide bonds. The molecule has 0 N–H and O–H groups in total. The average Bonchev–Trinajstić information content (AvgIpc) is 3.17. The molecule has 1 atom stereocenters. The lowest BCUT2D eigenvalue weighted by molar-refractivity contribution is 0.0713. The summed E-state index contributed by atoms with van der Waals surface area (Å²) in [6.07, 6.45) is 6.69. The van der Waals surface area contributed by atoms with E-state index < -0.39 is 0 Å². The van der Waals surface area contributed by atoms with E-state index in [1.54, 1.807) is 12.5 Å². The van der Waals surface area contributed by atoms with Crippen molar-refractivity contribution >= 4 is 11.7 Å². The minimum atomic E-state index is -0.0910. The number of carbonyl (C=O) groups excluding carboxylic acids is 1. The summed E-state index contributed by atoms with van der Waals surface area (Å²) >= 11 is 0. The van der Waals surface area contributed by atoms with E-state index in [0.29, 0.717) is 5.69 Å². The third-order valence-corrected chi connectivity index (χ3v) is 3.70. The standard InChI is InChI=1S/C15H18N4O2/c1-18(2)14-10-16-11(9-17-14)15(20)19-7-3-5-12(19)13-6-4-8-21-13/h4,6,8-10,12H,3,5,7H2,1-2H3. The molecule has 2 aromatic heterocycles. The summed E-state index contributed by atoms with van der Waals surface area (Å²) in [6.45, 7) is 0.724. The van der Waals surface area contributed by atoms with E-state index >= 15 is 0 Å². The Morgan fingerprint density at radius 1 is 1.38 bits per heavy atom. The number of anilines is 1. The smallest absolute Gasteiger partial charge is 0.274 e. The van der Waals surface area contributed by atoms with E-state index in [4.69, 9.17) is 4.42 Å². The number of aromatic nitrogens is 2. The molecule has 110 valence electrons. The Labute approximate surface area is 123 Å². The van der Waals surface area contributed by atoms with E-state index in [0.717, 1.165) is 31.0 Å². The number of likely N-dealkylation sites (tertiary alicyclic amines) is 1. The van der Waals surface area contributed by atoms with Crippen LogP contribution in [-0.4, -0.2) is 41.4 Å². The van der Waals surface area contributed by atoms with Crippen LogP contribution in [0.5, 0.6) is 0 Å². The number of nitrogens with zero attached hydrogens (tertiary/aromatic N) is 4. The molecule has 1 fully saturated rings. The van der Waals surface area contributed by atoms with E-state index in [-0.39, 0.29) is 11.9 Å². The summed E-state index contributed by atoms with van der Waals surface area (Å²) in [4.78, 5) is 24.8. The van der Waals surface area contributed by atoms with Crippen molar-refractivity contribution in [2.45, 2.75) is 18.9 Å². The van der Waals surface area contributed by atoms with Gasteiger partial charge < -0.3 is 14.2 Å². The minimum Gasteiger partial charge on any atom is -0.467 e. The van der Waals surface area contributed by atoms with Crippen molar-refractivity contribution in [3.8, 4) is 0 Å². The van der Waals surface area contributed by atoms with Gasteiger partial charge in [-0.1, -0.05) is 0 Å². The zero-order chi connectivity index (χ0) is 14.8. The fourth-order valence-corrected chi connectivity index (χ4v) is 2.60. The maximum Gasteiger partial charge on any atom is 0.274 e. The Morgan fingerprint density at radius 2 is 2.24 bits per heavy atom. The molecule has 6 nitrogen and oxygen atoms in total. The Kier molecular flexibility index (Phi) is 3.60. The third-order valence-electron chi connectivity index (χ3n) is 3.70. The SMILES string of the molecule is CN(C)c1cnc(C(=O)N2CCCC2c2ccco2)cn1. The lowest BCUT2D eigenvalue weighted by Crippen LogP contribution is -2.31. The molecule has 0 aromatic carbocycles. The Balaban J connectivity index is 1.81. The summed E-state index contributed by atoms with van der Waals surface area (Å²) in [5, 5.41) is 0. The summed E-state index contributed by atoms with van der Waals surface area (Å²) in [6, 6.07) is 3.77. The summed E-state index contributed by atoms with van der Waals surface area (Å²) in [7, 11) is 3.78. The first-order valence-corrected chi connectivity index (χ1v) is 7.00. The molecule has 3 rings (SSSR count). The topological polar surface area (TPSA) is 62.5 Å². The highest BCUT2D eigenvalue weighted by Gasteiger charge is 2.32. The lowest BCUT2D eigenvalue weighted by Gasteiger charge is -2.22. The quantitative estimate of drug-likeness (QED) is 0.864. The summed E-state index contributed by atoms with van der Waals surface area (Å²) < 4.78 is 5.45. The molecule has 1 unspecified atom stereocenters. The van der Waals surface area contributed by atoms with Crippen LogP contribution in [0.3, 0.4) is 0 Å². The maximum absolute atomic E-state index is 12.6. The lowest BCUT2D eigenvalue weighted by atomic mass is 10.1. The van der Waals surface area contributed by atoms with E-state index in [9.17, 15) is 4.79 Å². The summed E-state index contributed by atoms with van der Waals surface area (Å²) in [5.74, 6) is 1.47. The Morgan fingerprint density at radius 3 is 2.86 bits per heavy atom. The van der Waals surface area contributed by atoms with Crippen LogP contribution in [0.25, 0.3) is 0 Å². The molecular weight excluding hydrogens is 268 g/mol. The van der Waals surface area contributed by atoms with Gasteiger partial charge in [-0.15, -0.1) is 0 Å². The van der Waals surface area contributed by atoms with Crippen LogP contribution in [0.1, 0.15) is 35.1 Å². The first-order valence-electron chi connectivity index (χ1n) is 7.00. The second-order valence-corrected chi connectivity index (χ2v) is 5.33. The zero-order valence-electron chi connectivity index (χ0n) is 12.2. The van der Waals surface area contributed by atoms with E-state index in [2.05, 4.69) is 9.97 Å². The highest BCUT2D eigenvalue weighted by atomic mass is 16.3. The van der Waals surface area contributed by atoms with Crippen LogP contribution in [0.2, 0.25) is 0 Å². The number of carbonyl (C=O) groups is 1. The molecule has 0 spiro atoms. The Hall–Kier alpha value is -2.37. The highest BCUT2D eigenvalue weighted by molar-refractivity contribution is 5.92. The number of amides is 1. The fourth-order valence-electron chi connectivity index (χ4n) is 2.60. The molecule has 1 saturated heterocycles. The minimum absolute atomic E-state index is 0.00262.